The van der Waals surface area contributed by atoms with Crippen molar-refractivity contribution in [3.05, 3.63) is 0 Å². The third-order valence-electron chi connectivity index (χ3n) is 1.34. The first-order valence-corrected chi connectivity index (χ1v) is 3.17. The van der Waals surface area contributed by atoms with Gasteiger partial charge in [-0.25, -0.2) is 0 Å². The predicted molar refractivity (Wildman–Crippen MR) is 32.2 cm³/mol. The summed E-state index contributed by atoms with van der Waals surface area (Å²) in [6.07, 6.45) is 0.0917. The van der Waals surface area contributed by atoms with Gasteiger partial charge in [-0.15, -0.1) is 0 Å². The van der Waals surface area contributed by atoms with E-state index in [1.54, 1.807) is 0 Å². The molecule has 0 aromatic rings. The van der Waals surface area contributed by atoms with Crippen LogP contribution in [0.15, 0.2) is 0 Å². The van der Waals surface area contributed by atoms with Gasteiger partial charge in [0.15, 0.2) is 0 Å². The maximum absolute atomic E-state index is 8.57. The van der Waals surface area contributed by atoms with E-state index in [0.717, 1.165) is 0 Å². The Bertz CT molecular complexity index is 76.4. The molecule has 0 aromatic carbocycles. The summed E-state index contributed by atoms with van der Waals surface area (Å²) in [6.45, 7) is 3.14. The molecular weight excluding hydrogens is 120 g/mol. The molecule has 1 aliphatic heterocycles. The van der Waals surface area contributed by atoms with Crippen LogP contribution in [-0.2, 0) is 9.47 Å². The quantitative estimate of drug-likeness (QED) is 0.536. The van der Waals surface area contributed by atoms with Gasteiger partial charge in [0.2, 0.25) is 0 Å². The monoisotopic (exact) mass is 132 g/mol. The van der Waals surface area contributed by atoms with Gasteiger partial charge in [-0.2, -0.15) is 0 Å². The van der Waals surface area contributed by atoms with Crippen molar-refractivity contribution >= 4 is 0 Å². The van der Waals surface area contributed by atoms with E-state index in [2.05, 4.69) is 0 Å². The Hall–Kier alpha value is -0.120. The van der Waals surface area contributed by atoms with Crippen molar-refractivity contribution < 1.29 is 14.6 Å². The first-order valence-electron chi connectivity index (χ1n) is 3.17. The molecule has 0 spiro atoms. The molecule has 3 heteroatoms. The standard InChI is InChI=1S/C6H12O3/c1-5-3-9-6(2-7)4-8-5/h5-7H,2-4H2,1H3/t5-,6-/m1/s1. The molecule has 1 rings (SSSR count). The average molecular weight is 132 g/mol. The first kappa shape index (κ1) is 6.99. The normalized spacial score (nSPS) is 36.7. The molecular formula is C6H12O3. The fourth-order valence-corrected chi connectivity index (χ4v) is 0.745. The van der Waals surface area contributed by atoms with Gasteiger partial charge in [-0.05, 0) is 6.92 Å². The van der Waals surface area contributed by atoms with Gasteiger partial charge in [-0.3, -0.25) is 0 Å². The summed E-state index contributed by atoms with van der Waals surface area (Å²) in [5.41, 5.74) is 0. The van der Waals surface area contributed by atoms with Crippen LogP contribution in [0.25, 0.3) is 0 Å². The van der Waals surface area contributed by atoms with Gasteiger partial charge < -0.3 is 14.6 Å². The predicted octanol–water partition coefficient (Wildman–Crippen LogP) is -0.217. The molecule has 1 saturated heterocycles. The highest BCUT2D eigenvalue weighted by atomic mass is 16.6. The van der Waals surface area contributed by atoms with Gasteiger partial charge in [0.25, 0.3) is 0 Å². The molecule has 0 aromatic heterocycles. The molecule has 0 aliphatic carbocycles. The highest BCUT2D eigenvalue weighted by molar-refractivity contribution is 4.62. The zero-order chi connectivity index (χ0) is 6.69. The minimum atomic E-state index is -0.0961. The first-order chi connectivity index (χ1) is 4.33. The lowest BCUT2D eigenvalue weighted by molar-refractivity contribution is -0.138. The second-order valence-corrected chi connectivity index (χ2v) is 2.28. The van der Waals surface area contributed by atoms with Crippen LogP contribution in [0.3, 0.4) is 0 Å². The fraction of sp³-hybridized carbons (Fsp3) is 1.00. The molecule has 0 radical (unpaired) electrons. The Morgan fingerprint density at radius 3 is 2.67 bits per heavy atom. The summed E-state index contributed by atoms with van der Waals surface area (Å²) in [5.74, 6) is 0. The molecule has 3 nitrogen and oxygen atoms in total. The van der Waals surface area contributed by atoms with Crippen LogP contribution in [0.5, 0.6) is 0 Å². The molecule has 0 bridgehead atoms. The van der Waals surface area contributed by atoms with E-state index in [-0.39, 0.29) is 18.8 Å². The third kappa shape index (κ3) is 1.93. The van der Waals surface area contributed by atoms with E-state index in [1.807, 2.05) is 6.92 Å². The van der Waals surface area contributed by atoms with Crippen LogP contribution in [-0.4, -0.2) is 37.1 Å². The Labute approximate surface area is 54.6 Å². The zero-order valence-electron chi connectivity index (χ0n) is 5.54. The molecule has 2 atom stereocenters. The number of hydrogen-bond acceptors (Lipinski definition) is 3. The summed E-state index contributed by atoms with van der Waals surface area (Å²) in [5, 5.41) is 8.57. The van der Waals surface area contributed by atoms with Crippen molar-refractivity contribution in [2.75, 3.05) is 19.8 Å². The van der Waals surface area contributed by atoms with Crippen LogP contribution < -0.4 is 0 Å². The minimum absolute atomic E-state index is 0.0622. The van der Waals surface area contributed by atoms with Gasteiger partial charge in [-0.1, -0.05) is 0 Å². The minimum Gasteiger partial charge on any atom is -0.394 e. The summed E-state index contributed by atoms with van der Waals surface area (Å²) in [4.78, 5) is 0. The van der Waals surface area contributed by atoms with Crippen molar-refractivity contribution in [3.63, 3.8) is 0 Å². The average Bonchev–Trinajstić information content (AvgIpc) is 1.90. The van der Waals surface area contributed by atoms with E-state index in [0.29, 0.717) is 13.2 Å². The molecule has 0 unspecified atom stereocenters. The lowest BCUT2D eigenvalue weighted by atomic mass is 10.3. The van der Waals surface area contributed by atoms with Gasteiger partial charge >= 0.3 is 0 Å². The number of ether oxygens (including phenoxy) is 2. The lowest BCUT2D eigenvalue weighted by Gasteiger charge is -2.25. The third-order valence-corrected chi connectivity index (χ3v) is 1.34. The number of aliphatic hydroxyl groups is 1. The van der Waals surface area contributed by atoms with Crippen molar-refractivity contribution in [2.24, 2.45) is 0 Å². The molecule has 9 heavy (non-hydrogen) atoms. The second kappa shape index (κ2) is 3.15. The SMILES string of the molecule is C[C@@H]1CO[C@H](CO)CO1. The van der Waals surface area contributed by atoms with Crippen molar-refractivity contribution in [1.29, 1.82) is 0 Å². The number of rotatable bonds is 1. The molecule has 1 fully saturated rings. The van der Waals surface area contributed by atoms with E-state index in [1.165, 1.54) is 0 Å². The van der Waals surface area contributed by atoms with Crippen LogP contribution >= 0.6 is 0 Å². The smallest absolute Gasteiger partial charge is 0.104 e. The summed E-state index contributed by atoms with van der Waals surface area (Å²) < 4.78 is 10.4. The van der Waals surface area contributed by atoms with Crippen molar-refractivity contribution in [1.82, 2.24) is 0 Å². The van der Waals surface area contributed by atoms with E-state index in [9.17, 15) is 0 Å². The number of hydrogen-bond donors (Lipinski definition) is 1. The van der Waals surface area contributed by atoms with Crippen molar-refractivity contribution in [3.8, 4) is 0 Å². The molecule has 0 amide bonds. The molecule has 0 saturated carbocycles. The Balaban J connectivity index is 2.18. The van der Waals surface area contributed by atoms with E-state index >= 15 is 0 Å². The Morgan fingerprint density at radius 1 is 1.44 bits per heavy atom. The number of aliphatic hydroxyl groups excluding tert-OH is 1. The summed E-state index contributed by atoms with van der Waals surface area (Å²) >= 11 is 0. The van der Waals surface area contributed by atoms with Crippen LogP contribution in [0, 0.1) is 0 Å². The van der Waals surface area contributed by atoms with E-state index in [4.69, 9.17) is 14.6 Å². The highest BCUT2D eigenvalue weighted by Crippen LogP contribution is 2.04. The lowest BCUT2D eigenvalue weighted by Crippen LogP contribution is -2.35. The molecule has 1 N–H and O–H groups in total. The van der Waals surface area contributed by atoms with Crippen LogP contribution in [0.1, 0.15) is 6.92 Å². The second-order valence-electron chi connectivity index (χ2n) is 2.28. The van der Waals surface area contributed by atoms with Crippen LogP contribution in [0.2, 0.25) is 0 Å². The largest absolute Gasteiger partial charge is 0.394 e. The van der Waals surface area contributed by atoms with E-state index < -0.39 is 0 Å². The van der Waals surface area contributed by atoms with Gasteiger partial charge in [0.05, 0.1) is 25.9 Å². The molecule has 1 aliphatic rings. The van der Waals surface area contributed by atoms with Crippen molar-refractivity contribution in [2.45, 2.75) is 19.1 Å². The van der Waals surface area contributed by atoms with Gasteiger partial charge in [0.1, 0.15) is 6.10 Å². The molecule has 54 valence electrons. The maximum atomic E-state index is 8.57. The summed E-state index contributed by atoms with van der Waals surface area (Å²) in [6, 6.07) is 0. The Morgan fingerprint density at radius 2 is 2.22 bits per heavy atom. The maximum Gasteiger partial charge on any atom is 0.104 e. The molecule has 1 heterocycles. The zero-order valence-corrected chi connectivity index (χ0v) is 5.54. The summed E-state index contributed by atoms with van der Waals surface area (Å²) in [7, 11) is 0. The highest BCUT2D eigenvalue weighted by Gasteiger charge is 2.17. The topological polar surface area (TPSA) is 38.7 Å². The van der Waals surface area contributed by atoms with Crippen LogP contribution in [0.4, 0.5) is 0 Å². The van der Waals surface area contributed by atoms with Gasteiger partial charge in [0, 0.05) is 0 Å². The Kier molecular flexibility index (Phi) is 2.45. The fourth-order valence-electron chi connectivity index (χ4n) is 0.745.